The molecule has 1 aromatic carbocycles. The molecule has 100 valence electrons. The zero-order chi connectivity index (χ0) is 13.0. The third-order valence-electron chi connectivity index (χ3n) is 4.00. The maximum Gasteiger partial charge on any atom is 0.122 e. The van der Waals surface area contributed by atoms with E-state index in [0.29, 0.717) is 17.8 Å². The lowest BCUT2D eigenvalue weighted by molar-refractivity contribution is 0.247. The van der Waals surface area contributed by atoms with Crippen LogP contribution in [0.4, 0.5) is 0 Å². The highest BCUT2D eigenvalue weighted by molar-refractivity contribution is 5.37. The van der Waals surface area contributed by atoms with Crippen LogP contribution in [0.3, 0.4) is 0 Å². The van der Waals surface area contributed by atoms with Crippen molar-refractivity contribution in [1.82, 2.24) is 5.32 Å². The molecule has 1 N–H and O–H groups in total. The highest BCUT2D eigenvalue weighted by atomic mass is 16.5. The second-order valence-corrected chi connectivity index (χ2v) is 5.48. The molecule has 2 heteroatoms. The molecule has 2 rings (SSSR count). The first kappa shape index (κ1) is 13.4. The van der Waals surface area contributed by atoms with Crippen molar-refractivity contribution in [2.45, 2.75) is 33.1 Å². The number of hydrogen-bond acceptors (Lipinski definition) is 2. The van der Waals surface area contributed by atoms with Gasteiger partial charge in [-0.05, 0) is 55.8 Å². The smallest absolute Gasteiger partial charge is 0.122 e. The van der Waals surface area contributed by atoms with Crippen LogP contribution in [0.1, 0.15) is 38.7 Å². The van der Waals surface area contributed by atoms with Crippen molar-refractivity contribution in [3.05, 3.63) is 29.8 Å². The standard InChI is InChI=1S/C16H25NO/c1-4-18-16-8-6-5-7-14(16)13-9-10-17-11-15(13)12(2)3/h5-8,12-13,15,17H,4,9-11H2,1-3H3. The van der Waals surface area contributed by atoms with Crippen LogP contribution in [-0.2, 0) is 0 Å². The SMILES string of the molecule is CCOc1ccccc1C1CCNCC1C(C)C. The number of para-hydroxylation sites is 1. The van der Waals surface area contributed by atoms with Crippen LogP contribution in [0, 0.1) is 11.8 Å². The van der Waals surface area contributed by atoms with Gasteiger partial charge in [0.05, 0.1) is 6.61 Å². The number of hydrogen-bond donors (Lipinski definition) is 1. The van der Waals surface area contributed by atoms with Crippen molar-refractivity contribution in [2.75, 3.05) is 19.7 Å². The summed E-state index contributed by atoms with van der Waals surface area (Å²) < 4.78 is 5.80. The molecule has 1 aromatic rings. The Labute approximate surface area is 111 Å². The minimum Gasteiger partial charge on any atom is -0.494 e. The van der Waals surface area contributed by atoms with Gasteiger partial charge in [-0.15, -0.1) is 0 Å². The Morgan fingerprint density at radius 3 is 2.83 bits per heavy atom. The zero-order valence-corrected chi connectivity index (χ0v) is 11.8. The monoisotopic (exact) mass is 247 g/mol. The number of piperidine rings is 1. The molecular formula is C16H25NO. The summed E-state index contributed by atoms with van der Waals surface area (Å²) in [5.41, 5.74) is 1.40. The van der Waals surface area contributed by atoms with E-state index in [1.807, 2.05) is 0 Å². The lowest BCUT2D eigenvalue weighted by Gasteiger charge is -2.36. The summed E-state index contributed by atoms with van der Waals surface area (Å²) in [6.45, 7) is 9.70. The summed E-state index contributed by atoms with van der Waals surface area (Å²) in [4.78, 5) is 0. The molecule has 1 heterocycles. The predicted molar refractivity (Wildman–Crippen MR) is 76.2 cm³/mol. The third kappa shape index (κ3) is 2.86. The van der Waals surface area contributed by atoms with Crippen LogP contribution in [0.15, 0.2) is 24.3 Å². The lowest BCUT2D eigenvalue weighted by Crippen LogP contribution is -2.38. The normalized spacial score (nSPS) is 24.2. The number of ether oxygens (including phenoxy) is 1. The van der Waals surface area contributed by atoms with E-state index in [-0.39, 0.29) is 0 Å². The van der Waals surface area contributed by atoms with Gasteiger partial charge in [0.2, 0.25) is 0 Å². The molecule has 1 saturated heterocycles. The van der Waals surface area contributed by atoms with Crippen LogP contribution in [0.5, 0.6) is 5.75 Å². The Morgan fingerprint density at radius 1 is 1.33 bits per heavy atom. The van der Waals surface area contributed by atoms with Crippen LogP contribution in [-0.4, -0.2) is 19.7 Å². The average Bonchev–Trinajstić information content (AvgIpc) is 2.40. The van der Waals surface area contributed by atoms with E-state index in [2.05, 4.69) is 50.4 Å². The Kier molecular flexibility index (Phi) is 4.65. The van der Waals surface area contributed by atoms with Gasteiger partial charge in [-0.1, -0.05) is 32.0 Å². The summed E-state index contributed by atoms with van der Waals surface area (Å²) in [6, 6.07) is 8.56. The quantitative estimate of drug-likeness (QED) is 0.880. The second-order valence-electron chi connectivity index (χ2n) is 5.48. The summed E-state index contributed by atoms with van der Waals surface area (Å²) >= 11 is 0. The topological polar surface area (TPSA) is 21.3 Å². The summed E-state index contributed by atoms with van der Waals surface area (Å²) in [5.74, 6) is 3.13. The highest BCUT2D eigenvalue weighted by Gasteiger charge is 2.30. The van der Waals surface area contributed by atoms with Gasteiger partial charge >= 0.3 is 0 Å². The lowest BCUT2D eigenvalue weighted by atomic mass is 9.75. The van der Waals surface area contributed by atoms with Crippen molar-refractivity contribution in [2.24, 2.45) is 11.8 Å². The van der Waals surface area contributed by atoms with Crippen LogP contribution < -0.4 is 10.1 Å². The molecule has 2 unspecified atom stereocenters. The molecule has 0 saturated carbocycles. The first-order chi connectivity index (χ1) is 8.74. The van der Waals surface area contributed by atoms with Gasteiger partial charge < -0.3 is 10.1 Å². The largest absolute Gasteiger partial charge is 0.494 e. The Hall–Kier alpha value is -1.02. The second kappa shape index (κ2) is 6.24. The first-order valence-corrected chi connectivity index (χ1v) is 7.16. The first-order valence-electron chi connectivity index (χ1n) is 7.16. The van der Waals surface area contributed by atoms with Gasteiger partial charge in [0.25, 0.3) is 0 Å². The molecule has 0 aliphatic carbocycles. The molecule has 2 nitrogen and oxygen atoms in total. The average molecular weight is 247 g/mol. The van der Waals surface area contributed by atoms with Crippen molar-refractivity contribution in [3.8, 4) is 5.75 Å². The van der Waals surface area contributed by atoms with E-state index in [0.717, 1.165) is 25.4 Å². The minimum absolute atomic E-state index is 0.633. The highest BCUT2D eigenvalue weighted by Crippen LogP contribution is 2.39. The third-order valence-corrected chi connectivity index (χ3v) is 4.00. The summed E-state index contributed by atoms with van der Waals surface area (Å²) in [6.07, 6.45) is 1.22. The Morgan fingerprint density at radius 2 is 2.11 bits per heavy atom. The maximum atomic E-state index is 5.80. The Balaban J connectivity index is 2.27. The van der Waals surface area contributed by atoms with E-state index in [1.54, 1.807) is 0 Å². The summed E-state index contributed by atoms with van der Waals surface area (Å²) in [7, 11) is 0. The molecule has 0 radical (unpaired) electrons. The van der Waals surface area contributed by atoms with Gasteiger partial charge in [-0.25, -0.2) is 0 Å². The fourth-order valence-corrected chi connectivity index (χ4v) is 3.04. The Bertz CT molecular complexity index is 375. The van der Waals surface area contributed by atoms with E-state index < -0.39 is 0 Å². The van der Waals surface area contributed by atoms with E-state index in [9.17, 15) is 0 Å². The molecule has 1 fully saturated rings. The molecule has 0 spiro atoms. The predicted octanol–water partition coefficient (Wildman–Crippen LogP) is 3.43. The molecule has 0 amide bonds. The van der Waals surface area contributed by atoms with Crippen molar-refractivity contribution in [1.29, 1.82) is 0 Å². The maximum absolute atomic E-state index is 5.80. The molecule has 1 aliphatic heterocycles. The van der Waals surface area contributed by atoms with Crippen molar-refractivity contribution >= 4 is 0 Å². The molecule has 0 bridgehead atoms. The number of nitrogens with one attached hydrogen (secondary N) is 1. The van der Waals surface area contributed by atoms with Crippen LogP contribution in [0.25, 0.3) is 0 Å². The fraction of sp³-hybridized carbons (Fsp3) is 0.625. The fourth-order valence-electron chi connectivity index (χ4n) is 3.04. The minimum atomic E-state index is 0.633. The van der Waals surface area contributed by atoms with E-state index in [4.69, 9.17) is 4.74 Å². The zero-order valence-electron chi connectivity index (χ0n) is 11.8. The summed E-state index contributed by atoms with van der Waals surface area (Å²) in [5, 5.41) is 3.53. The molecule has 18 heavy (non-hydrogen) atoms. The van der Waals surface area contributed by atoms with Crippen molar-refractivity contribution < 1.29 is 4.74 Å². The van der Waals surface area contributed by atoms with Gasteiger partial charge in [0.1, 0.15) is 5.75 Å². The molecule has 0 aromatic heterocycles. The van der Waals surface area contributed by atoms with E-state index in [1.165, 1.54) is 12.0 Å². The van der Waals surface area contributed by atoms with Crippen LogP contribution >= 0.6 is 0 Å². The molecular weight excluding hydrogens is 222 g/mol. The van der Waals surface area contributed by atoms with Crippen molar-refractivity contribution in [3.63, 3.8) is 0 Å². The van der Waals surface area contributed by atoms with Crippen LogP contribution in [0.2, 0.25) is 0 Å². The van der Waals surface area contributed by atoms with E-state index >= 15 is 0 Å². The number of rotatable bonds is 4. The van der Waals surface area contributed by atoms with Gasteiger partial charge in [0, 0.05) is 0 Å². The number of benzene rings is 1. The van der Waals surface area contributed by atoms with Gasteiger partial charge in [-0.2, -0.15) is 0 Å². The van der Waals surface area contributed by atoms with Gasteiger partial charge in [0.15, 0.2) is 0 Å². The molecule has 1 aliphatic rings. The van der Waals surface area contributed by atoms with Gasteiger partial charge in [-0.3, -0.25) is 0 Å². The molecule has 2 atom stereocenters.